The maximum absolute atomic E-state index is 15.1. The lowest BCUT2D eigenvalue weighted by atomic mass is 9.70. The van der Waals surface area contributed by atoms with Crippen LogP contribution < -0.4 is 30.1 Å². The van der Waals surface area contributed by atoms with E-state index in [1.165, 1.54) is 38.0 Å². The minimum Gasteiger partial charge on any atom is -0.629 e. The standard InChI is InChI=1S/C57H71FN8O5/c1-8-46(42-29-49(64(6)69)52(53-44(42)32-60-63(53)5)59-31-36-20-22-56(4,68)23-21-36)61-54(67)41-17-16-37(28-50(41)71-51-30-43-45(58)18-19-47(43)62-55(51)70-7)65-26-24-57(25-27-65)33-66(34-57)48-15-11-14-40(48)39-13-10-9-12-38(39)35(2)3/h8-10,12-13,16-18,28-30,32,35-36,40,48,59,64,68H,11,14-15,19-27,31,33-34H2,1-7H3,(H,61,67)/b46-8+/t36?,40-,48-,56?/m0/s1. The normalized spacial score (nSPS) is 23.7. The lowest BCUT2D eigenvalue weighted by Gasteiger charge is -2.57. The fraction of sp³-hybridized carbons (Fsp3) is 0.491. The average Bonchev–Trinajstić information content (AvgIpc) is 4.10. The van der Waals surface area contributed by atoms with Gasteiger partial charge < -0.3 is 40.4 Å². The molecule has 2 aromatic heterocycles. The monoisotopic (exact) mass is 967 g/mol. The number of rotatable bonds is 14. The van der Waals surface area contributed by atoms with Crippen LogP contribution in [0, 0.1) is 16.5 Å². The van der Waals surface area contributed by atoms with Crippen molar-refractivity contribution in [1.82, 2.24) is 25.0 Å². The number of aryl methyl sites for hydroxylation is 1. The van der Waals surface area contributed by atoms with Gasteiger partial charge in [0.15, 0.2) is 11.4 Å². The van der Waals surface area contributed by atoms with E-state index in [1.54, 1.807) is 35.6 Å². The smallest absolute Gasteiger partial charge is 0.259 e. The third-order valence-corrected chi connectivity index (χ3v) is 16.6. The van der Waals surface area contributed by atoms with E-state index < -0.39 is 11.5 Å². The average molecular weight is 967 g/mol. The van der Waals surface area contributed by atoms with E-state index in [-0.39, 0.29) is 33.8 Å². The molecule has 3 aliphatic carbocycles. The molecular formula is C57H71FN8O5. The van der Waals surface area contributed by atoms with Crippen molar-refractivity contribution in [2.45, 2.75) is 115 Å². The number of hydroxylamine groups is 1. The molecule has 1 unspecified atom stereocenters. The fourth-order valence-electron chi connectivity index (χ4n) is 12.5. The number of ether oxygens (including phenoxy) is 2. The highest BCUT2D eigenvalue weighted by molar-refractivity contribution is 6.07. The van der Waals surface area contributed by atoms with Crippen LogP contribution >= 0.6 is 0 Å². The number of piperidine rings is 1. The zero-order chi connectivity index (χ0) is 49.8. The quantitative estimate of drug-likeness (QED) is 0.0795. The second kappa shape index (κ2) is 19.7. The Balaban J connectivity index is 0.902. The van der Waals surface area contributed by atoms with Crippen LogP contribution in [0.4, 0.5) is 21.5 Å². The number of halogens is 1. The molecule has 3 atom stereocenters. The topological polar surface area (TPSA) is 145 Å². The number of hydrogen-bond acceptors (Lipinski definition) is 10. The zero-order valence-electron chi connectivity index (χ0n) is 42.5. The van der Waals surface area contributed by atoms with Crippen LogP contribution in [0.25, 0.3) is 22.4 Å². The van der Waals surface area contributed by atoms with Crippen molar-refractivity contribution in [2.75, 3.05) is 57.1 Å². The largest absolute Gasteiger partial charge is 0.629 e. The predicted octanol–water partition coefficient (Wildman–Crippen LogP) is 9.79. The minimum absolute atomic E-state index is 0.122. The van der Waals surface area contributed by atoms with Crippen molar-refractivity contribution < 1.29 is 28.8 Å². The summed E-state index contributed by atoms with van der Waals surface area (Å²) in [5, 5.41) is 36.1. The number of carbonyl (C=O) groups is 1. The second-order valence-electron chi connectivity index (χ2n) is 21.7. The summed E-state index contributed by atoms with van der Waals surface area (Å²) in [5.74, 6) is 1.33. The summed E-state index contributed by atoms with van der Waals surface area (Å²) in [5.41, 5.74) is 7.89. The summed E-state index contributed by atoms with van der Waals surface area (Å²) >= 11 is 0. The first-order chi connectivity index (χ1) is 34.1. The molecule has 2 saturated carbocycles. The van der Waals surface area contributed by atoms with E-state index in [2.05, 4.69) is 68.6 Å². The summed E-state index contributed by atoms with van der Waals surface area (Å²) in [6, 6.07) is 18.8. The van der Waals surface area contributed by atoms with Gasteiger partial charge in [-0.3, -0.25) is 14.4 Å². The molecule has 71 heavy (non-hydrogen) atoms. The number of aliphatic hydroxyl groups is 1. The Kier molecular flexibility index (Phi) is 13.5. The predicted molar refractivity (Wildman–Crippen MR) is 279 cm³/mol. The van der Waals surface area contributed by atoms with Gasteiger partial charge in [0.2, 0.25) is 0 Å². The number of benzene rings is 3. The van der Waals surface area contributed by atoms with E-state index >= 15 is 4.39 Å². The summed E-state index contributed by atoms with van der Waals surface area (Å²) < 4.78 is 29.1. The van der Waals surface area contributed by atoms with Gasteiger partial charge in [-0.15, -0.1) is 0 Å². The van der Waals surface area contributed by atoms with Crippen molar-refractivity contribution in [3.8, 4) is 17.4 Å². The molecule has 2 saturated heterocycles. The van der Waals surface area contributed by atoms with Crippen LogP contribution in [-0.4, -0.2) is 89.2 Å². The van der Waals surface area contributed by atoms with Gasteiger partial charge in [-0.2, -0.15) is 5.10 Å². The Morgan fingerprint density at radius 2 is 1.79 bits per heavy atom. The molecular weight excluding hydrogens is 896 g/mol. The van der Waals surface area contributed by atoms with Crippen LogP contribution in [0.1, 0.15) is 136 Å². The number of likely N-dealkylation sites (tertiary alicyclic amines) is 1. The molecule has 10 rings (SSSR count). The Bertz CT molecular complexity index is 2860. The number of quaternary nitrogens is 1. The lowest BCUT2D eigenvalue weighted by Crippen LogP contribution is -2.98. The maximum atomic E-state index is 15.1. The molecule has 1 spiro atoms. The molecule has 3 aromatic carbocycles. The molecule has 0 radical (unpaired) electrons. The van der Waals surface area contributed by atoms with Crippen LogP contribution in [0.3, 0.4) is 0 Å². The van der Waals surface area contributed by atoms with Crippen LogP contribution in [0.2, 0.25) is 0 Å². The molecule has 5 aromatic rings. The maximum Gasteiger partial charge on any atom is 0.259 e. The molecule has 0 bridgehead atoms. The molecule has 4 fully saturated rings. The van der Waals surface area contributed by atoms with Gasteiger partial charge in [-0.05, 0) is 124 Å². The number of anilines is 2. The fourth-order valence-corrected chi connectivity index (χ4v) is 12.5. The van der Waals surface area contributed by atoms with Crippen LogP contribution in [0.5, 0.6) is 17.4 Å². The SMILES string of the molecule is C/C=C(/NC(=O)c1ccc(N2CCC3(CC2)CN([C@H]2CCC[C@H]2c2ccccc2C(C)C)C3)cc1Oc1cc2c(nc1OC)CC=C2F)c1cc([NH+](C)[O-])c(NCC2CCC(C)(O)CC2)c2c1cnn2C. The molecule has 13 nitrogen and oxygen atoms in total. The highest BCUT2D eigenvalue weighted by Gasteiger charge is 2.49. The molecule has 4 heterocycles. The molecule has 376 valence electrons. The summed E-state index contributed by atoms with van der Waals surface area (Å²) in [7, 11) is 4.91. The number of methoxy groups -OCH3 is 1. The van der Waals surface area contributed by atoms with Gasteiger partial charge in [0.25, 0.3) is 11.8 Å². The van der Waals surface area contributed by atoms with Crippen molar-refractivity contribution in [3.05, 3.63) is 112 Å². The highest BCUT2D eigenvalue weighted by atomic mass is 19.1. The Labute approximate surface area is 417 Å². The summed E-state index contributed by atoms with van der Waals surface area (Å²) in [6.45, 7) is 13.0. The van der Waals surface area contributed by atoms with Gasteiger partial charge in [-0.25, -0.2) is 9.37 Å². The van der Waals surface area contributed by atoms with Gasteiger partial charge in [0.1, 0.15) is 17.3 Å². The molecule has 1 amide bonds. The number of nitrogens with zero attached hydrogens (tertiary/aromatic N) is 5. The molecule has 2 aliphatic heterocycles. The number of allylic oxidation sites excluding steroid dienone is 2. The minimum atomic E-state index is -0.639. The number of pyridine rings is 1. The zero-order valence-corrected chi connectivity index (χ0v) is 42.5. The third-order valence-electron chi connectivity index (χ3n) is 16.6. The van der Waals surface area contributed by atoms with E-state index in [1.807, 2.05) is 45.2 Å². The van der Waals surface area contributed by atoms with Gasteiger partial charge in [0.05, 0.1) is 42.7 Å². The first kappa shape index (κ1) is 48.8. The highest BCUT2D eigenvalue weighted by Crippen LogP contribution is 2.49. The number of amides is 1. The van der Waals surface area contributed by atoms with Crippen molar-refractivity contribution in [1.29, 1.82) is 0 Å². The van der Waals surface area contributed by atoms with Crippen molar-refractivity contribution in [2.24, 2.45) is 18.4 Å². The lowest BCUT2D eigenvalue weighted by molar-refractivity contribution is -0.750. The Hall–Kier alpha value is -5.80. The first-order valence-corrected chi connectivity index (χ1v) is 25.9. The van der Waals surface area contributed by atoms with Crippen LogP contribution in [-0.2, 0) is 13.5 Å². The summed E-state index contributed by atoms with van der Waals surface area (Å²) in [6.07, 6.45) is 14.6. The molecule has 14 heteroatoms. The van der Waals surface area contributed by atoms with Gasteiger partial charge >= 0.3 is 0 Å². The number of carbonyl (C=O) groups excluding carboxylic acids is 1. The van der Waals surface area contributed by atoms with E-state index in [0.717, 1.165) is 81.3 Å². The number of nitrogens with one attached hydrogen (secondary N) is 3. The van der Waals surface area contributed by atoms with Crippen molar-refractivity contribution >= 4 is 45.4 Å². The summed E-state index contributed by atoms with van der Waals surface area (Å²) in [4.78, 5) is 24.5. The Morgan fingerprint density at radius 1 is 1.03 bits per heavy atom. The van der Waals surface area contributed by atoms with E-state index in [4.69, 9.17) is 9.47 Å². The number of aromatic nitrogens is 3. The molecule has 4 N–H and O–H groups in total. The Morgan fingerprint density at radius 3 is 2.51 bits per heavy atom. The van der Waals surface area contributed by atoms with E-state index in [0.29, 0.717) is 76.1 Å². The third kappa shape index (κ3) is 9.56. The number of fused-ring (bicyclic) bond motifs is 2. The number of hydrogen-bond donors (Lipinski definition) is 4. The second-order valence-corrected chi connectivity index (χ2v) is 21.7. The van der Waals surface area contributed by atoms with Crippen LogP contribution in [0.15, 0.2) is 72.9 Å². The first-order valence-electron chi connectivity index (χ1n) is 25.9. The molecule has 5 aliphatic rings. The van der Waals surface area contributed by atoms with E-state index in [9.17, 15) is 15.1 Å². The van der Waals surface area contributed by atoms with Crippen molar-refractivity contribution in [3.63, 3.8) is 0 Å². The van der Waals surface area contributed by atoms with Gasteiger partial charge in [-0.1, -0.05) is 50.6 Å². The van der Waals surface area contributed by atoms with Gasteiger partial charge in [0, 0.05) is 92.3 Å².